The number of carbonyl (C=O) groups excluding carboxylic acids is 1. The van der Waals surface area contributed by atoms with Gasteiger partial charge in [0.1, 0.15) is 5.65 Å². The lowest BCUT2D eigenvalue weighted by Gasteiger charge is -2.09. The number of carbonyl (C=O) groups is 1. The second-order valence-electron chi connectivity index (χ2n) is 5.78. The Kier molecular flexibility index (Phi) is 4.44. The quantitative estimate of drug-likeness (QED) is 0.913. The smallest absolute Gasteiger partial charge is 0.325 e. The average molecular weight is 304 g/mol. The largest absolute Gasteiger partial charge is 0.332 e. The molecular formula is C15H20N4O3. The first-order chi connectivity index (χ1) is 10.3. The highest BCUT2D eigenvalue weighted by molar-refractivity contribution is 5.92. The molecule has 0 aromatic carbocycles. The van der Waals surface area contributed by atoms with E-state index in [1.807, 2.05) is 0 Å². The summed E-state index contributed by atoms with van der Waals surface area (Å²) in [5, 5.41) is 3.03. The van der Waals surface area contributed by atoms with Gasteiger partial charge in [-0.15, -0.1) is 0 Å². The van der Waals surface area contributed by atoms with Crippen molar-refractivity contribution in [2.75, 3.05) is 5.32 Å². The monoisotopic (exact) mass is 304 g/mol. The van der Waals surface area contributed by atoms with Crippen molar-refractivity contribution < 1.29 is 4.79 Å². The molecule has 118 valence electrons. The predicted molar refractivity (Wildman–Crippen MR) is 84.9 cm³/mol. The van der Waals surface area contributed by atoms with Crippen molar-refractivity contribution in [3.05, 3.63) is 33.1 Å². The summed E-state index contributed by atoms with van der Waals surface area (Å²) in [5.41, 5.74) is -0.104. The van der Waals surface area contributed by atoms with Crippen LogP contribution in [0.2, 0.25) is 0 Å². The number of amides is 1. The van der Waals surface area contributed by atoms with E-state index in [-0.39, 0.29) is 5.91 Å². The molecule has 0 fully saturated rings. The summed E-state index contributed by atoms with van der Waals surface area (Å²) in [6.07, 6.45) is 2.67. The standard InChI is InChI=1S/C15H20N4O3/c1-9(2)5-6-12(20)17-10-7-11-13(16-8-10)18(3)15(22)19(4)14(11)21/h7-9H,5-6H2,1-4H3,(H,17,20). The summed E-state index contributed by atoms with van der Waals surface area (Å²) >= 11 is 0. The van der Waals surface area contributed by atoms with Gasteiger partial charge >= 0.3 is 5.69 Å². The maximum atomic E-state index is 12.2. The van der Waals surface area contributed by atoms with E-state index in [0.717, 1.165) is 11.0 Å². The van der Waals surface area contributed by atoms with Gasteiger partial charge in [-0.2, -0.15) is 0 Å². The molecule has 7 heteroatoms. The van der Waals surface area contributed by atoms with Crippen LogP contribution in [0.15, 0.2) is 21.9 Å². The third-order valence-corrected chi connectivity index (χ3v) is 3.53. The minimum absolute atomic E-state index is 0.114. The van der Waals surface area contributed by atoms with Gasteiger partial charge in [-0.05, 0) is 18.4 Å². The van der Waals surface area contributed by atoms with E-state index in [2.05, 4.69) is 24.1 Å². The van der Waals surface area contributed by atoms with E-state index in [1.165, 1.54) is 17.8 Å². The van der Waals surface area contributed by atoms with E-state index in [4.69, 9.17) is 0 Å². The number of hydrogen-bond donors (Lipinski definition) is 1. The van der Waals surface area contributed by atoms with Gasteiger partial charge in [-0.3, -0.25) is 18.7 Å². The molecule has 0 aliphatic rings. The first-order valence-corrected chi connectivity index (χ1v) is 7.17. The van der Waals surface area contributed by atoms with Crippen LogP contribution in [0, 0.1) is 5.92 Å². The van der Waals surface area contributed by atoms with Gasteiger partial charge in [0, 0.05) is 20.5 Å². The molecule has 7 nitrogen and oxygen atoms in total. The van der Waals surface area contributed by atoms with E-state index >= 15 is 0 Å². The van der Waals surface area contributed by atoms with Gasteiger partial charge in [0.2, 0.25) is 5.91 Å². The SMILES string of the molecule is CC(C)CCC(=O)Nc1cnc2c(c1)c(=O)n(C)c(=O)n2C. The first kappa shape index (κ1) is 15.9. The fourth-order valence-corrected chi connectivity index (χ4v) is 2.18. The van der Waals surface area contributed by atoms with Gasteiger partial charge in [0.05, 0.1) is 17.3 Å². The lowest BCUT2D eigenvalue weighted by atomic mass is 10.1. The van der Waals surface area contributed by atoms with Crippen molar-refractivity contribution in [1.29, 1.82) is 0 Å². The second kappa shape index (κ2) is 6.13. The maximum Gasteiger partial charge on any atom is 0.332 e. The zero-order valence-corrected chi connectivity index (χ0v) is 13.2. The number of aryl methyl sites for hydroxylation is 1. The van der Waals surface area contributed by atoms with Gasteiger partial charge in [0.15, 0.2) is 0 Å². The van der Waals surface area contributed by atoms with Gasteiger partial charge in [-0.1, -0.05) is 13.8 Å². The number of fused-ring (bicyclic) bond motifs is 1. The Morgan fingerprint density at radius 3 is 2.59 bits per heavy atom. The number of pyridine rings is 1. The van der Waals surface area contributed by atoms with E-state index in [9.17, 15) is 14.4 Å². The molecule has 0 spiro atoms. The van der Waals surface area contributed by atoms with Crippen molar-refractivity contribution in [3.8, 4) is 0 Å². The molecule has 0 aliphatic heterocycles. The molecule has 22 heavy (non-hydrogen) atoms. The highest BCUT2D eigenvalue weighted by Gasteiger charge is 2.11. The summed E-state index contributed by atoms with van der Waals surface area (Å²) in [6, 6.07) is 1.55. The molecule has 2 heterocycles. The maximum absolute atomic E-state index is 12.2. The number of nitrogens with one attached hydrogen (secondary N) is 1. The predicted octanol–water partition coefficient (Wildman–Crippen LogP) is 1.01. The van der Waals surface area contributed by atoms with Crippen molar-refractivity contribution >= 4 is 22.6 Å². The van der Waals surface area contributed by atoms with Crippen molar-refractivity contribution in [3.63, 3.8) is 0 Å². The number of anilines is 1. The van der Waals surface area contributed by atoms with Crippen LogP contribution in [-0.4, -0.2) is 20.0 Å². The van der Waals surface area contributed by atoms with Crippen LogP contribution in [0.25, 0.3) is 11.0 Å². The minimum Gasteiger partial charge on any atom is -0.325 e. The van der Waals surface area contributed by atoms with Crippen LogP contribution < -0.4 is 16.6 Å². The molecule has 0 atom stereocenters. The van der Waals surface area contributed by atoms with Crippen LogP contribution in [0.4, 0.5) is 5.69 Å². The van der Waals surface area contributed by atoms with Gasteiger partial charge < -0.3 is 5.32 Å². The Hall–Kier alpha value is -2.44. The Balaban J connectivity index is 2.37. The number of rotatable bonds is 4. The summed E-state index contributed by atoms with van der Waals surface area (Å²) in [7, 11) is 2.97. The van der Waals surface area contributed by atoms with Crippen molar-refractivity contribution in [1.82, 2.24) is 14.1 Å². The molecular weight excluding hydrogens is 284 g/mol. The third-order valence-electron chi connectivity index (χ3n) is 3.53. The summed E-state index contributed by atoms with van der Waals surface area (Å²) in [6.45, 7) is 4.10. The topological polar surface area (TPSA) is 86.0 Å². The first-order valence-electron chi connectivity index (χ1n) is 7.17. The lowest BCUT2D eigenvalue weighted by Crippen LogP contribution is -2.37. The van der Waals surface area contributed by atoms with Gasteiger partial charge in [-0.25, -0.2) is 9.78 Å². The normalized spacial score (nSPS) is 11.1. The van der Waals surface area contributed by atoms with Crippen LogP contribution in [0.3, 0.4) is 0 Å². The van der Waals surface area contributed by atoms with Crippen molar-refractivity contribution in [2.45, 2.75) is 26.7 Å². The van der Waals surface area contributed by atoms with E-state index < -0.39 is 11.2 Å². The Morgan fingerprint density at radius 2 is 1.95 bits per heavy atom. The Labute approximate surface area is 127 Å². The molecule has 0 saturated heterocycles. The molecule has 0 aliphatic carbocycles. The van der Waals surface area contributed by atoms with Crippen LogP contribution in [-0.2, 0) is 18.9 Å². The summed E-state index contributed by atoms with van der Waals surface area (Å²) < 4.78 is 2.33. The van der Waals surface area contributed by atoms with E-state index in [1.54, 1.807) is 13.1 Å². The third kappa shape index (κ3) is 3.08. The number of aromatic nitrogens is 3. The molecule has 1 amide bonds. The molecule has 0 saturated carbocycles. The second-order valence-corrected chi connectivity index (χ2v) is 5.78. The molecule has 2 aromatic rings. The highest BCUT2D eigenvalue weighted by atomic mass is 16.2. The zero-order chi connectivity index (χ0) is 16.4. The molecule has 0 radical (unpaired) electrons. The minimum atomic E-state index is -0.432. The molecule has 0 bridgehead atoms. The average Bonchev–Trinajstić information content (AvgIpc) is 2.48. The molecule has 0 unspecified atom stereocenters. The Morgan fingerprint density at radius 1 is 1.27 bits per heavy atom. The Bertz CT molecular complexity index is 833. The molecule has 1 N–H and O–H groups in total. The summed E-state index contributed by atoms with van der Waals surface area (Å²) in [4.78, 5) is 40.0. The van der Waals surface area contributed by atoms with E-state index in [0.29, 0.717) is 29.1 Å². The van der Waals surface area contributed by atoms with Crippen LogP contribution in [0.5, 0.6) is 0 Å². The fraction of sp³-hybridized carbons (Fsp3) is 0.467. The lowest BCUT2D eigenvalue weighted by molar-refractivity contribution is -0.116. The number of hydrogen-bond acceptors (Lipinski definition) is 4. The zero-order valence-electron chi connectivity index (χ0n) is 13.2. The fourth-order valence-electron chi connectivity index (χ4n) is 2.18. The summed E-state index contributed by atoms with van der Waals surface area (Å²) in [5.74, 6) is 0.332. The molecule has 2 aromatic heterocycles. The highest BCUT2D eigenvalue weighted by Crippen LogP contribution is 2.13. The molecule has 2 rings (SSSR count). The number of nitrogens with zero attached hydrogens (tertiary/aromatic N) is 3. The van der Waals surface area contributed by atoms with Gasteiger partial charge in [0.25, 0.3) is 5.56 Å². The van der Waals surface area contributed by atoms with Crippen molar-refractivity contribution in [2.24, 2.45) is 20.0 Å². The van der Waals surface area contributed by atoms with Crippen LogP contribution >= 0.6 is 0 Å². The van der Waals surface area contributed by atoms with Crippen LogP contribution in [0.1, 0.15) is 26.7 Å².